The summed E-state index contributed by atoms with van der Waals surface area (Å²) in [7, 11) is -7.14. The molecule has 0 atom stereocenters. The number of sulfone groups is 2. The summed E-state index contributed by atoms with van der Waals surface area (Å²) in [5.74, 6) is -0.285. The van der Waals surface area contributed by atoms with Crippen LogP contribution in [0.5, 0.6) is 0 Å². The van der Waals surface area contributed by atoms with Crippen molar-refractivity contribution in [3.63, 3.8) is 0 Å². The van der Waals surface area contributed by atoms with E-state index in [0.29, 0.717) is 0 Å². The van der Waals surface area contributed by atoms with Gasteiger partial charge in [-0.05, 0) is 13.3 Å². The molecular formula is C8H20CrO8S2. The van der Waals surface area contributed by atoms with E-state index in [1.165, 1.54) is 20.8 Å². The molecule has 0 aromatic carbocycles. The summed E-state index contributed by atoms with van der Waals surface area (Å²) in [4.78, 5) is 0. The molecule has 0 rings (SSSR count). The van der Waals surface area contributed by atoms with Crippen molar-refractivity contribution in [2.45, 2.75) is 38.2 Å². The van der Waals surface area contributed by atoms with Gasteiger partial charge in [-0.15, -0.1) is 0 Å². The molecule has 0 bridgehead atoms. The molecule has 0 aliphatic carbocycles. The zero-order valence-corrected chi connectivity index (χ0v) is 14.1. The van der Waals surface area contributed by atoms with Gasteiger partial charge >= 0.3 is 29.5 Å². The summed E-state index contributed by atoms with van der Waals surface area (Å²) in [6.45, 7) is 5.81. The van der Waals surface area contributed by atoms with Gasteiger partial charge in [0.1, 0.15) is 0 Å². The van der Waals surface area contributed by atoms with Crippen LogP contribution in [0.2, 0.25) is 0 Å². The van der Waals surface area contributed by atoms with E-state index >= 15 is 0 Å². The van der Waals surface area contributed by atoms with Crippen molar-refractivity contribution < 1.29 is 46.4 Å². The van der Waals surface area contributed by atoms with Crippen molar-refractivity contribution in [1.29, 1.82) is 0 Å². The standard InChI is InChI=1S/C8H18O4S2.Cr.2H2O.2O/c1-5-8(4,13(9,10)6-2)14(11,12)7-3;;;;;/h5-7H2,1-4H3;;2*1H2;;/q;+2;;;;/p-2. The van der Waals surface area contributed by atoms with Crippen LogP contribution in [0.1, 0.15) is 34.1 Å². The van der Waals surface area contributed by atoms with E-state index in [1.807, 2.05) is 0 Å². The second-order valence-electron chi connectivity index (χ2n) is 3.74. The van der Waals surface area contributed by atoms with Crippen LogP contribution in [0.4, 0.5) is 0 Å². The number of rotatable bonds is 5. The average Bonchev–Trinajstić information content (AvgIpc) is 2.25. The molecule has 0 aliphatic heterocycles. The van der Waals surface area contributed by atoms with E-state index in [-0.39, 0.29) is 17.9 Å². The third-order valence-electron chi connectivity index (χ3n) is 2.72. The Morgan fingerprint density at radius 3 is 1.21 bits per heavy atom. The third-order valence-corrected chi connectivity index (χ3v) is 8.97. The Labute approximate surface area is 116 Å². The van der Waals surface area contributed by atoms with E-state index in [1.54, 1.807) is 6.92 Å². The van der Waals surface area contributed by atoms with Gasteiger partial charge < -0.3 is 0 Å². The van der Waals surface area contributed by atoms with E-state index in [9.17, 15) is 16.8 Å². The Balaban J connectivity index is 0. The molecule has 11 heteroatoms. The Morgan fingerprint density at radius 1 is 0.895 bits per heavy atom. The molecule has 0 radical (unpaired) electrons. The van der Waals surface area contributed by atoms with Crippen LogP contribution in [-0.4, -0.2) is 40.7 Å². The summed E-state index contributed by atoms with van der Waals surface area (Å²) in [5, 5.41) is 0. The van der Waals surface area contributed by atoms with E-state index in [2.05, 4.69) is 0 Å². The summed E-state index contributed by atoms with van der Waals surface area (Å²) in [6, 6.07) is 0. The normalized spacial score (nSPS) is 13.6. The Morgan fingerprint density at radius 2 is 1.11 bits per heavy atom. The van der Waals surface area contributed by atoms with Crippen LogP contribution in [0.3, 0.4) is 0 Å². The fraction of sp³-hybridized carbons (Fsp3) is 1.00. The van der Waals surface area contributed by atoms with Gasteiger partial charge in [-0.2, -0.15) is 0 Å². The quantitative estimate of drug-likeness (QED) is 0.676. The topological polar surface area (TPSA) is 143 Å². The molecule has 0 saturated carbocycles. The van der Waals surface area contributed by atoms with Crippen LogP contribution in [0, 0.1) is 0 Å². The maximum absolute atomic E-state index is 11.7. The predicted molar refractivity (Wildman–Crippen MR) is 63.4 cm³/mol. The van der Waals surface area contributed by atoms with E-state index in [0.717, 1.165) is 0 Å². The molecule has 0 aliphatic rings. The SMILES string of the molecule is CCC(C)(S(=O)(=O)CC)S(=O)(=O)CC.[O]=[Cr](=[O])([OH])[OH]. The van der Waals surface area contributed by atoms with Gasteiger partial charge in [-0.1, -0.05) is 20.8 Å². The average molecular weight is 360 g/mol. The van der Waals surface area contributed by atoms with E-state index < -0.39 is 37.4 Å². The fourth-order valence-electron chi connectivity index (χ4n) is 1.24. The van der Waals surface area contributed by atoms with Crippen LogP contribution < -0.4 is 0 Å². The van der Waals surface area contributed by atoms with Crippen LogP contribution >= 0.6 is 0 Å². The van der Waals surface area contributed by atoms with Gasteiger partial charge in [0, 0.05) is 11.5 Å². The van der Waals surface area contributed by atoms with Crippen molar-refractivity contribution in [2.75, 3.05) is 11.5 Å². The number of hydrogen-bond acceptors (Lipinski definition) is 6. The monoisotopic (exact) mass is 360 g/mol. The third kappa shape index (κ3) is 6.29. The second kappa shape index (κ2) is 7.10. The summed E-state index contributed by atoms with van der Waals surface area (Å²) in [6.07, 6.45) is 0.0966. The van der Waals surface area contributed by atoms with Crippen molar-refractivity contribution >= 4 is 19.7 Å². The van der Waals surface area contributed by atoms with Gasteiger partial charge in [0.2, 0.25) is 0 Å². The molecule has 0 amide bonds. The molecule has 2 N–H and O–H groups in total. The van der Waals surface area contributed by atoms with Crippen molar-refractivity contribution in [2.24, 2.45) is 0 Å². The van der Waals surface area contributed by atoms with Gasteiger partial charge in [0.05, 0.1) is 0 Å². The first-order valence-corrected chi connectivity index (χ1v) is 10.8. The molecule has 0 saturated heterocycles. The predicted octanol–water partition coefficient (Wildman–Crippen LogP) is -0.372. The molecule has 0 fully saturated rings. The molecule has 0 spiro atoms. The molecular weight excluding hydrogens is 340 g/mol. The molecule has 8 nitrogen and oxygen atoms in total. The van der Waals surface area contributed by atoms with Crippen LogP contribution in [0.25, 0.3) is 0 Å². The first-order valence-electron chi connectivity index (χ1n) is 5.33. The summed E-state index contributed by atoms with van der Waals surface area (Å²) in [5.41, 5.74) is 0. The minimum atomic E-state index is -5.25. The van der Waals surface area contributed by atoms with Gasteiger partial charge in [0.15, 0.2) is 23.8 Å². The van der Waals surface area contributed by atoms with Crippen molar-refractivity contribution in [3.05, 3.63) is 0 Å². The molecule has 0 aromatic heterocycles. The molecule has 0 unspecified atom stereocenters. The van der Waals surface area contributed by atoms with Gasteiger partial charge in [-0.25, -0.2) is 16.8 Å². The first-order chi connectivity index (χ1) is 8.18. The Kier molecular flexibility index (Phi) is 7.94. The molecule has 0 heterocycles. The van der Waals surface area contributed by atoms with Crippen molar-refractivity contribution in [3.8, 4) is 0 Å². The fourth-order valence-corrected chi connectivity index (χ4v) is 5.60. The summed E-state index contributed by atoms with van der Waals surface area (Å²) < 4.78 is 77.0. The molecule has 0 aromatic rings. The van der Waals surface area contributed by atoms with Crippen molar-refractivity contribution in [1.82, 2.24) is 0 Å². The zero-order valence-electron chi connectivity index (χ0n) is 11.2. The Bertz CT molecular complexity index is 530. The van der Waals surface area contributed by atoms with Crippen LogP contribution in [-0.2, 0) is 40.9 Å². The Hall–Kier alpha value is -0.0475. The minimum absolute atomic E-state index is 0.0966. The number of hydrogen-bond donors (Lipinski definition) is 2. The zero-order chi connectivity index (χ0) is 16.1. The van der Waals surface area contributed by atoms with Gasteiger partial charge in [0.25, 0.3) is 0 Å². The van der Waals surface area contributed by atoms with Gasteiger partial charge in [-0.3, -0.25) is 0 Å². The second-order valence-corrected chi connectivity index (χ2v) is 10.8. The molecule has 19 heavy (non-hydrogen) atoms. The van der Waals surface area contributed by atoms with Crippen LogP contribution in [0.15, 0.2) is 0 Å². The molecule has 118 valence electrons. The first kappa shape index (κ1) is 21.3. The maximum atomic E-state index is 11.7. The summed E-state index contributed by atoms with van der Waals surface area (Å²) >= 11 is -5.25. The van der Waals surface area contributed by atoms with E-state index in [4.69, 9.17) is 15.9 Å².